The second kappa shape index (κ2) is 6.84. The lowest BCUT2D eigenvalue weighted by atomic mass is 10.2. The molecule has 1 N–H and O–H groups in total. The van der Waals surface area contributed by atoms with Crippen LogP contribution >= 0.6 is 28.1 Å². The van der Waals surface area contributed by atoms with E-state index in [0.29, 0.717) is 10.6 Å². The molecule has 0 spiro atoms. The number of nitrogens with one attached hydrogen (secondary N) is 1. The summed E-state index contributed by atoms with van der Waals surface area (Å²) < 4.78 is 8.24. The molecule has 0 aliphatic carbocycles. The number of halogens is 1. The van der Waals surface area contributed by atoms with Crippen molar-refractivity contribution in [3.63, 3.8) is 0 Å². The highest BCUT2D eigenvalue weighted by Crippen LogP contribution is 2.22. The Morgan fingerprint density at radius 3 is 2.83 bits per heavy atom. The summed E-state index contributed by atoms with van der Waals surface area (Å²) in [5.74, 6) is 1.33. The maximum Gasteiger partial charge on any atom is 0.216 e. The van der Waals surface area contributed by atoms with E-state index in [1.807, 2.05) is 30.3 Å². The summed E-state index contributed by atoms with van der Waals surface area (Å²) in [5.41, 5.74) is 1.69. The number of H-pyrrole nitrogens is 1. The van der Waals surface area contributed by atoms with Gasteiger partial charge in [0.15, 0.2) is 5.82 Å². The van der Waals surface area contributed by atoms with Crippen LogP contribution in [-0.2, 0) is 0 Å². The largest absolute Gasteiger partial charge is 0.496 e. The van der Waals surface area contributed by atoms with E-state index in [-0.39, 0.29) is 0 Å². The maximum absolute atomic E-state index is 5.34. The van der Waals surface area contributed by atoms with E-state index in [2.05, 4.69) is 36.2 Å². The van der Waals surface area contributed by atoms with Gasteiger partial charge < -0.3 is 4.74 Å². The normalized spacial score (nSPS) is 11.0. The molecule has 0 bridgehead atoms. The first kappa shape index (κ1) is 15.6. The van der Waals surface area contributed by atoms with Gasteiger partial charge in [-0.3, -0.25) is 4.98 Å². The number of nitrogens with zero attached hydrogens (tertiary/aromatic N) is 4. The highest BCUT2D eigenvalue weighted by molar-refractivity contribution is 9.10. The molecule has 0 saturated carbocycles. The van der Waals surface area contributed by atoms with E-state index in [1.54, 1.807) is 30.4 Å². The van der Waals surface area contributed by atoms with Crippen LogP contribution in [0.2, 0.25) is 0 Å². The van der Waals surface area contributed by atoms with Crippen molar-refractivity contribution in [2.24, 2.45) is 5.10 Å². The Balaban J connectivity index is 2.03. The molecule has 0 aliphatic rings. The van der Waals surface area contributed by atoms with E-state index < -0.39 is 0 Å². The molecule has 0 amide bonds. The fourth-order valence-electron chi connectivity index (χ4n) is 2.01. The molecule has 0 atom stereocenters. The number of aromatic nitrogens is 4. The molecule has 0 aliphatic heterocycles. The first-order valence-corrected chi connectivity index (χ1v) is 7.85. The number of methoxy groups -OCH3 is 1. The van der Waals surface area contributed by atoms with Crippen LogP contribution in [0.1, 0.15) is 5.56 Å². The topological polar surface area (TPSA) is 68.1 Å². The quantitative estimate of drug-likeness (QED) is 0.546. The SMILES string of the molecule is COc1ccc(Br)cc1/C=N/n1c(-c2ccncc2)n[nH]c1=S. The zero-order valence-electron chi connectivity index (χ0n) is 12.1. The van der Waals surface area contributed by atoms with Gasteiger partial charge in [-0.15, -0.1) is 0 Å². The third-order valence-electron chi connectivity index (χ3n) is 3.09. The van der Waals surface area contributed by atoms with Gasteiger partial charge in [0.25, 0.3) is 0 Å². The molecule has 0 radical (unpaired) electrons. The van der Waals surface area contributed by atoms with Crippen molar-refractivity contribution in [1.29, 1.82) is 0 Å². The monoisotopic (exact) mass is 389 g/mol. The Morgan fingerprint density at radius 2 is 2.09 bits per heavy atom. The van der Waals surface area contributed by atoms with Gasteiger partial charge in [-0.2, -0.15) is 14.9 Å². The molecule has 0 unspecified atom stereocenters. The van der Waals surface area contributed by atoms with Gasteiger partial charge in [-0.05, 0) is 42.5 Å². The number of pyridine rings is 1. The number of aromatic amines is 1. The summed E-state index contributed by atoms with van der Waals surface area (Å²) in [6.07, 6.45) is 5.07. The second-order valence-electron chi connectivity index (χ2n) is 4.53. The molecule has 2 heterocycles. The lowest BCUT2D eigenvalue weighted by molar-refractivity contribution is 0.414. The molecule has 0 saturated heterocycles. The predicted octanol–water partition coefficient (Wildman–Crippen LogP) is 3.66. The summed E-state index contributed by atoms with van der Waals surface area (Å²) in [6, 6.07) is 9.37. The third kappa shape index (κ3) is 3.38. The maximum atomic E-state index is 5.34. The standard InChI is InChI=1S/C15H12BrN5OS/c1-22-13-3-2-12(16)8-11(13)9-18-21-14(19-20-15(21)23)10-4-6-17-7-5-10/h2-9H,1H3,(H,20,23)/b18-9+. The van der Waals surface area contributed by atoms with Crippen LogP contribution in [-0.4, -0.2) is 33.2 Å². The van der Waals surface area contributed by atoms with Crippen molar-refractivity contribution < 1.29 is 4.74 Å². The summed E-state index contributed by atoms with van der Waals surface area (Å²) in [6.45, 7) is 0. The molecular weight excluding hydrogens is 378 g/mol. The summed E-state index contributed by atoms with van der Waals surface area (Å²) in [5, 5.41) is 11.4. The average Bonchev–Trinajstić information content (AvgIpc) is 2.94. The van der Waals surface area contributed by atoms with Gasteiger partial charge in [0.1, 0.15) is 5.75 Å². The number of rotatable bonds is 4. The first-order chi connectivity index (χ1) is 11.2. The van der Waals surface area contributed by atoms with Gasteiger partial charge >= 0.3 is 0 Å². The second-order valence-corrected chi connectivity index (χ2v) is 5.83. The minimum atomic E-state index is 0.405. The highest BCUT2D eigenvalue weighted by atomic mass is 79.9. The Morgan fingerprint density at radius 1 is 1.30 bits per heavy atom. The van der Waals surface area contributed by atoms with Crippen LogP contribution in [0.25, 0.3) is 11.4 Å². The smallest absolute Gasteiger partial charge is 0.216 e. The van der Waals surface area contributed by atoms with Gasteiger partial charge in [-0.1, -0.05) is 15.9 Å². The van der Waals surface area contributed by atoms with Crippen LogP contribution < -0.4 is 4.74 Å². The highest BCUT2D eigenvalue weighted by Gasteiger charge is 2.08. The van der Waals surface area contributed by atoms with Crippen molar-refractivity contribution >= 4 is 34.4 Å². The van der Waals surface area contributed by atoms with Crippen molar-refractivity contribution in [2.45, 2.75) is 0 Å². The zero-order chi connectivity index (χ0) is 16.2. The van der Waals surface area contributed by atoms with Gasteiger partial charge in [0, 0.05) is 28.0 Å². The van der Waals surface area contributed by atoms with Crippen LogP contribution in [0, 0.1) is 4.77 Å². The summed E-state index contributed by atoms with van der Waals surface area (Å²) >= 11 is 8.69. The number of ether oxygens (including phenoxy) is 1. The van der Waals surface area contributed by atoms with E-state index >= 15 is 0 Å². The van der Waals surface area contributed by atoms with Gasteiger partial charge in [-0.25, -0.2) is 5.10 Å². The molecule has 0 fully saturated rings. The van der Waals surface area contributed by atoms with E-state index in [1.165, 1.54) is 0 Å². The van der Waals surface area contributed by atoms with Crippen molar-refractivity contribution in [3.05, 3.63) is 57.5 Å². The third-order valence-corrected chi connectivity index (χ3v) is 3.85. The number of hydrogen-bond acceptors (Lipinski definition) is 5. The van der Waals surface area contributed by atoms with Crippen molar-refractivity contribution in [1.82, 2.24) is 19.9 Å². The number of benzene rings is 1. The van der Waals surface area contributed by atoms with Crippen LogP contribution in [0.3, 0.4) is 0 Å². The minimum Gasteiger partial charge on any atom is -0.496 e. The van der Waals surface area contributed by atoms with Gasteiger partial charge in [0.2, 0.25) is 4.77 Å². The number of hydrogen-bond donors (Lipinski definition) is 1. The molecule has 6 nitrogen and oxygen atoms in total. The fourth-order valence-corrected chi connectivity index (χ4v) is 2.57. The van der Waals surface area contributed by atoms with Crippen LogP contribution in [0.5, 0.6) is 5.75 Å². The molecule has 8 heteroatoms. The Kier molecular flexibility index (Phi) is 4.63. The zero-order valence-corrected chi connectivity index (χ0v) is 14.5. The van der Waals surface area contributed by atoms with E-state index in [0.717, 1.165) is 21.3 Å². The lowest BCUT2D eigenvalue weighted by Crippen LogP contribution is -1.97. The Bertz CT molecular complexity index is 904. The molecule has 116 valence electrons. The Labute approximate surface area is 146 Å². The van der Waals surface area contributed by atoms with Gasteiger partial charge in [0.05, 0.1) is 13.3 Å². The molecule has 3 rings (SSSR count). The molecule has 23 heavy (non-hydrogen) atoms. The molecular formula is C15H12BrN5OS. The molecule has 1 aromatic carbocycles. The summed E-state index contributed by atoms with van der Waals surface area (Å²) in [7, 11) is 1.62. The van der Waals surface area contributed by atoms with E-state index in [9.17, 15) is 0 Å². The van der Waals surface area contributed by atoms with Crippen molar-refractivity contribution in [3.8, 4) is 17.1 Å². The predicted molar refractivity (Wildman–Crippen MR) is 94.3 cm³/mol. The fraction of sp³-hybridized carbons (Fsp3) is 0.0667. The van der Waals surface area contributed by atoms with Crippen LogP contribution in [0.4, 0.5) is 0 Å². The first-order valence-electron chi connectivity index (χ1n) is 6.65. The van der Waals surface area contributed by atoms with Crippen LogP contribution in [0.15, 0.2) is 52.3 Å². The van der Waals surface area contributed by atoms with E-state index in [4.69, 9.17) is 17.0 Å². The molecule has 2 aromatic heterocycles. The lowest BCUT2D eigenvalue weighted by Gasteiger charge is -2.05. The molecule has 3 aromatic rings. The average molecular weight is 390 g/mol. The Hall–Kier alpha value is -2.32. The summed E-state index contributed by atoms with van der Waals surface area (Å²) in [4.78, 5) is 4.00. The minimum absolute atomic E-state index is 0.405. The van der Waals surface area contributed by atoms with Crippen molar-refractivity contribution in [2.75, 3.05) is 7.11 Å².